The number of aliphatic carboxylic acids is 1. The first-order valence-corrected chi connectivity index (χ1v) is 5.64. The van der Waals surface area contributed by atoms with Crippen LogP contribution >= 0.6 is 11.6 Å². The number of halogens is 1. The average Bonchev–Trinajstić information content (AvgIpc) is 2.21. The fourth-order valence-electron chi connectivity index (χ4n) is 1.38. The van der Waals surface area contributed by atoms with Crippen molar-refractivity contribution in [2.45, 2.75) is 26.2 Å². The molecule has 0 radical (unpaired) electrons. The second-order valence-electron chi connectivity index (χ2n) is 3.75. The van der Waals surface area contributed by atoms with Gasteiger partial charge in [0.05, 0.1) is 0 Å². The van der Waals surface area contributed by atoms with E-state index in [0.29, 0.717) is 17.1 Å². The van der Waals surface area contributed by atoms with E-state index in [2.05, 4.69) is 5.32 Å². The molecule has 0 heterocycles. The summed E-state index contributed by atoms with van der Waals surface area (Å²) in [5, 5.41) is 11.8. The minimum atomic E-state index is -0.888. The highest BCUT2D eigenvalue weighted by Crippen LogP contribution is 2.19. The van der Waals surface area contributed by atoms with E-state index in [9.17, 15) is 9.59 Å². The highest BCUT2D eigenvalue weighted by atomic mass is 35.5. The van der Waals surface area contributed by atoms with E-state index in [1.807, 2.05) is 6.92 Å². The average molecular weight is 256 g/mol. The van der Waals surface area contributed by atoms with Gasteiger partial charge in [0.2, 0.25) is 5.91 Å². The molecule has 1 aromatic carbocycles. The summed E-state index contributed by atoms with van der Waals surface area (Å²) in [7, 11) is 0. The Balaban J connectivity index is 2.48. The Hall–Kier alpha value is -1.55. The number of carbonyl (C=O) groups excluding carboxylic acids is 1. The number of carbonyl (C=O) groups is 2. The van der Waals surface area contributed by atoms with Crippen LogP contribution in [0.2, 0.25) is 5.02 Å². The van der Waals surface area contributed by atoms with Gasteiger partial charge >= 0.3 is 5.97 Å². The third-order valence-electron chi connectivity index (χ3n) is 2.26. The summed E-state index contributed by atoms with van der Waals surface area (Å²) in [6.07, 6.45) is 0.551. The first kappa shape index (κ1) is 13.5. The zero-order valence-electron chi connectivity index (χ0n) is 9.50. The van der Waals surface area contributed by atoms with Gasteiger partial charge in [-0.2, -0.15) is 0 Å². The van der Waals surface area contributed by atoms with Crippen molar-refractivity contribution < 1.29 is 14.7 Å². The van der Waals surface area contributed by atoms with Gasteiger partial charge in [-0.15, -0.1) is 0 Å². The Kier molecular flexibility index (Phi) is 4.97. The second kappa shape index (κ2) is 6.25. The van der Waals surface area contributed by atoms with Crippen LogP contribution in [0.5, 0.6) is 0 Å². The van der Waals surface area contributed by atoms with Crippen LogP contribution in [0.3, 0.4) is 0 Å². The number of hydrogen-bond acceptors (Lipinski definition) is 2. The van der Waals surface area contributed by atoms with Gasteiger partial charge < -0.3 is 10.4 Å². The number of amides is 1. The van der Waals surface area contributed by atoms with E-state index in [-0.39, 0.29) is 18.7 Å². The molecular weight excluding hydrogens is 242 g/mol. The summed E-state index contributed by atoms with van der Waals surface area (Å²) in [5.41, 5.74) is 1.58. The minimum absolute atomic E-state index is 0.00696. The van der Waals surface area contributed by atoms with E-state index < -0.39 is 5.97 Å². The molecule has 5 heteroatoms. The van der Waals surface area contributed by atoms with E-state index >= 15 is 0 Å². The van der Waals surface area contributed by atoms with Gasteiger partial charge in [-0.1, -0.05) is 11.6 Å². The number of anilines is 1. The summed E-state index contributed by atoms with van der Waals surface area (Å²) in [6, 6.07) is 5.18. The molecule has 1 amide bonds. The summed E-state index contributed by atoms with van der Waals surface area (Å²) >= 11 is 5.79. The quantitative estimate of drug-likeness (QED) is 0.850. The van der Waals surface area contributed by atoms with Gasteiger partial charge in [-0.05, 0) is 37.1 Å². The van der Waals surface area contributed by atoms with Crippen LogP contribution in [0.4, 0.5) is 5.69 Å². The predicted octanol–water partition coefficient (Wildman–Crippen LogP) is 2.84. The van der Waals surface area contributed by atoms with Crippen LogP contribution in [0, 0.1) is 6.92 Å². The van der Waals surface area contributed by atoms with Crippen molar-refractivity contribution in [2.75, 3.05) is 5.32 Å². The number of aryl methyl sites for hydroxylation is 1. The van der Waals surface area contributed by atoms with E-state index in [0.717, 1.165) is 5.56 Å². The molecule has 0 saturated heterocycles. The highest BCUT2D eigenvalue weighted by molar-refractivity contribution is 6.30. The molecular formula is C12H14ClNO3. The highest BCUT2D eigenvalue weighted by Gasteiger charge is 2.06. The van der Waals surface area contributed by atoms with Crippen LogP contribution in [0.25, 0.3) is 0 Å². The number of carboxylic acids is 1. The molecule has 0 aliphatic heterocycles. The topological polar surface area (TPSA) is 66.4 Å². The lowest BCUT2D eigenvalue weighted by Gasteiger charge is -2.08. The van der Waals surface area contributed by atoms with Crippen molar-refractivity contribution in [3.63, 3.8) is 0 Å². The van der Waals surface area contributed by atoms with E-state index in [1.165, 1.54) is 0 Å². The maximum absolute atomic E-state index is 11.5. The molecule has 0 aliphatic carbocycles. The summed E-state index contributed by atoms with van der Waals surface area (Å²) in [4.78, 5) is 21.8. The molecule has 0 aliphatic rings. The molecule has 0 bridgehead atoms. The molecule has 0 spiro atoms. The lowest BCUT2D eigenvalue weighted by atomic mass is 10.2. The van der Waals surface area contributed by atoms with Crippen molar-refractivity contribution in [1.82, 2.24) is 0 Å². The maximum Gasteiger partial charge on any atom is 0.303 e. The predicted molar refractivity (Wildman–Crippen MR) is 66.3 cm³/mol. The Morgan fingerprint density at radius 3 is 2.65 bits per heavy atom. The summed E-state index contributed by atoms with van der Waals surface area (Å²) in [5.74, 6) is -1.07. The standard InChI is InChI=1S/C12H14ClNO3/c1-8-7-9(13)5-6-10(8)14-11(15)3-2-4-12(16)17/h5-7H,2-4H2,1H3,(H,14,15)(H,16,17). The van der Waals surface area contributed by atoms with Gasteiger partial charge in [-0.3, -0.25) is 9.59 Å². The molecule has 2 N–H and O–H groups in total. The molecule has 1 rings (SSSR count). The first-order valence-electron chi connectivity index (χ1n) is 5.27. The molecule has 1 aromatic rings. The summed E-state index contributed by atoms with van der Waals surface area (Å²) in [6.45, 7) is 1.85. The third kappa shape index (κ3) is 4.87. The fraction of sp³-hybridized carbons (Fsp3) is 0.333. The van der Waals surface area contributed by atoms with Gasteiger partial charge in [0.15, 0.2) is 0 Å². The monoisotopic (exact) mass is 255 g/mol. The molecule has 0 saturated carbocycles. The summed E-state index contributed by atoms with van der Waals surface area (Å²) < 4.78 is 0. The van der Waals surface area contributed by atoms with Crippen LogP contribution in [0.15, 0.2) is 18.2 Å². The van der Waals surface area contributed by atoms with Crippen LogP contribution in [-0.4, -0.2) is 17.0 Å². The van der Waals surface area contributed by atoms with Crippen molar-refractivity contribution in [3.8, 4) is 0 Å². The Labute approximate surface area is 105 Å². The first-order chi connectivity index (χ1) is 7.99. The van der Waals surface area contributed by atoms with Crippen molar-refractivity contribution in [2.24, 2.45) is 0 Å². The third-order valence-corrected chi connectivity index (χ3v) is 2.49. The van der Waals surface area contributed by atoms with Gasteiger partial charge in [0, 0.05) is 23.6 Å². The van der Waals surface area contributed by atoms with Crippen molar-refractivity contribution in [1.29, 1.82) is 0 Å². The number of rotatable bonds is 5. The van der Waals surface area contributed by atoms with Crippen LogP contribution in [0.1, 0.15) is 24.8 Å². The van der Waals surface area contributed by atoms with Gasteiger partial charge in [-0.25, -0.2) is 0 Å². The number of nitrogens with one attached hydrogen (secondary N) is 1. The zero-order valence-corrected chi connectivity index (χ0v) is 10.3. The molecule has 92 valence electrons. The zero-order chi connectivity index (χ0) is 12.8. The Morgan fingerprint density at radius 2 is 2.06 bits per heavy atom. The van der Waals surface area contributed by atoms with Gasteiger partial charge in [0.25, 0.3) is 0 Å². The second-order valence-corrected chi connectivity index (χ2v) is 4.19. The molecule has 0 atom stereocenters. The van der Waals surface area contributed by atoms with E-state index in [4.69, 9.17) is 16.7 Å². The fourth-order valence-corrected chi connectivity index (χ4v) is 1.61. The van der Waals surface area contributed by atoms with Gasteiger partial charge in [0.1, 0.15) is 0 Å². The maximum atomic E-state index is 11.5. The molecule has 0 aromatic heterocycles. The SMILES string of the molecule is Cc1cc(Cl)ccc1NC(=O)CCCC(=O)O. The van der Waals surface area contributed by atoms with Crippen molar-refractivity contribution >= 4 is 29.2 Å². The van der Waals surface area contributed by atoms with Crippen molar-refractivity contribution in [3.05, 3.63) is 28.8 Å². The lowest BCUT2D eigenvalue weighted by molar-refractivity contribution is -0.137. The minimum Gasteiger partial charge on any atom is -0.481 e. The number of carboxylic acid groups (broad SMARTS) is 1. The molecule has 17 heavy (non-hydrogen) atoms. The lowest BCUT2D eigenvalue weighted by Crippen LogP contribution is -2.12. The number of hydrogen-bond donors (Lipinski definition) is 2. The smallest absolute Gasteiger partial charge is 0.303 e. The largest absolute Gasteiger partial charge is 0.481 e. The molecule has 0 unspecified atom stereocenters. The molecule has 0 fully saturated rings. The Morgan fingerprint density at radius 1 is 1.35 bits per heavy atom. The molecule has 4 nitrogen and oxygen atoms in total. The van der Waals surface area contributed by atoms with Crippen LogP contribution < -0.4 is 5.32 Å². The Bertz CT molecular complexity index is 432. The van der Waals surface area contributed by atoms with Crippen LogP contribution in [-0.2, 0) is 9.59 Å². The van der Waals surface area contributed by atoms with E-state index in [1.54, 1.807) is 18.2 Å². The normalized spacial score (nSPS) is 10.0. The number of benzene rings is 1.